The van der Waals surface area contributed by atoms with Gasteiger partial charge in [-0.15, -0.1) is 0 Å². The molecule has 1 saturated heterocycles. The van der Waals surface area contributed by atoms with Gasteiger partial charge in [-0.05, 0) is 26.7 Å². The first-order valence-corrected chi connectivity index (χ1v) is 4.12. The van der Waals surface area contributed by atoms with Crippen molar-refractivity contribution in [2.75, 3.05) is 13.2 Å². The van der Waals surface area contributed by atoms with Gasteiger partial charge in [-0.1, -0.05) is 0 Å². The van der Waals surface area contributed by atoms with Crippen molar-refractivity contribution in [3.05, 3.63) is 0 Å². The average molecular weight is 143 g/mol. The Hall–Kier alpha value is -0.0800. The summed E-state index contributed by atoms with van der Waals surface area (Å²) in [5.74, 6) is 0. The fourth-order valence-electron chi connectivity index (χ4n) is 1.60. The first-order valence-electron chi connectivity index (χ1n) is 4.12. The highest BCUT2D eigenvalue weighted by atomic mass is 16.3. The number of rotatable bonds is 3. The second-order valence-electron chi connectivity index (χ2n) is 3.29. The summed E-state index contributed by atoms with van der Waals surface area (Å²) in [5.41, 5.74) is 0. The van der Waals surface area contributed by atoms with Crippen molar-refractivity contribution >= 4 is 0 Å². The maximum absolute atomic E-state index is 8.67. The number of aliphatic hydroxyl groups is 1. The molecular formula is C8H17NO. The molecule has 0 amide bonds. The average Bonchev–Trinajstić information content (AvgIpc) is 1.78. The largest absolute Gasteiger partial charge is 0.396 e. The summed E-state index contributed by atoms with van der Waals surface area (Å²) in [6.45, 7) is 5.99. The van der Waals surface area contributed by atoms with Gasteiger partial charge in [0.15, 0.2) is 0 Å². The van der Waals surface area contributed by atoms with E-state index >= 15 is 0 Å². The molecule has 1 heterocycles. The van der Waals surface area contributed by atoms with Gasteiger partial charge in [0.1, 0.15) is 0 Å². The quantitative estimate of drug-likeness (QED) is 0.633. The van der Waals surface area contributed by atoms with Crippen molar-refractivity contribution in [2.45, 2.75) is 38.8 Å². The lowest BCUT2D eigenvalue weighted by molar-refractivity contribution is 0.0393. The van der Waals surface area contributed by atoms with E-state index in [4.69, 9.17) is 5.11 Å². The molecule has 0 aromatic rings. The highest BCUT2D eigenvalue weighted by Gasteiger charge is 2.28. The van der Waals surface area contributed by atoms with E-state index in [1.54, 1.807) is 0 Å². The lowest BCUT2D eigenvalue weighted by atomic mass is 9.98. The van der Waals surface area contributed by atoms with Gasteiger partial charge in [-0.25, -0.2) is 0 Å². The minimum atomic E-state index is 0.341. The second kappa shape index (κ2) is 3.35. The zero-order valence-electron chi connectivity index (χ0n) is 6.88. The van der Waals surface area contributed by atoms with E-state index in [9.17, 15) is 0 Å². The summed E-state index contributed by atoms with van der Waals surface area (Å²) in [7, 11) is 0. The fraction of sp³-hybridized carbons (Fsp3) is 1.00. The summed E-state index contributed by atoms with van der Waals surface area (Å²) in [6, 6.07) is 1.33. The van der Waals surface area contributed by atoms with Crippen LogP contribution in [0.4, 0.5) is 0 Å². The van der Waals surface area contributed by atoms with Gasteiger partial charge in [0.05, 0.1) is 0 Å². The Morgan fingerprint density at radius 2 is 2.30 bits per heavy atom. The molecule has 0 aromatic carbocycles. The summed E-state index contributed by atoms with van der Waals surface area (Å²) >= 11 is 0. The number of hydrogen-bond donors (Lipinski definition) is 1. The third kappa shape index (κ3) is 1.50. The van der Waals surface area contributed by atoms with E-state index in [0.29, 0.717) is 18.7 Å². The van der Waals surface area contributed by atoms with Crippen LogP contribution in [0.1, 0.15) is 26.7 Å². The molecule has 2 nitrogen and oxygen atoms in total. The van der Waals surface area contributed by atoms with Crippen molar-refractivity contribution in [1.29, 1.82) is 0 Å². The predicted molar refractivity (Wildman–Crippen MR) is 41.9 cm³/mol. The van der Waals surface area contributed by atoms with Gasteiger partial charge in [-0.3, -0.25) is 4.90 Å². The Morgan fingerprint density at radius 3 is 2.60 bits per heavy atom. The first kappa shape index (κ1) is 8.02. The van der Waals surface area contributed by atoms with Crippen LogP contribution in [0.2, 0.25) is 0 Å². The van der Waals surface area contributed by atoms with Crippen molar-refractivity contribution in [3.8, 4) is 0 Å². The maximum Gasteiger partial charge on any atom is 0.0445 e. The van der Waals surface area contributed by atoms with Gasteiger partial charge in [0.25, 0.3) is 0 Å². The van der Waals surface area contributed by atoms with E-state index in [1.165, 1.54) is 13.0 Å². The van der Waals surface area contributed by atoms with Gasteiger partial charge in [-0.2, -0.15) is 0 Å². The second-order valence-corrected chi connectivity index (χ2v) is 3.29. The number of aliphatic hydroxyl groups excluding tert-OH is 1. The summed E-state index contributed by atoms with van der Waals surface area (Å²) in [5, 5.41) is 8.67. The molecular weight excluding hydrogens is 126 g/mol. The van der Waals surface area contributed by atoms with Crippen LogP contribution in [0, 0.1) is 0 Å². The van der Waals surface area contributed by atoms with Crippen LogP contribution in [0.15, 0.2) is 0 Å². The highest BCUT2D eigenvalue weighted by Crippen LogP contribution is 2.22. The van der Waals surface area contributed by atoms with Crippen molar-refractivity contribution in [1.82, 2.24) is 4.90 Å². The van der Waals surface area contributed by atoms with Crippen LogP contribution >= 0.6 is 0 Å². The standard InChI is InChI=1S/C8H17NO/c1-7(2)9-5-3-8(9)4-6-10/h7-8,10H,3-6H2,1-2H3. The molecule has 0 aromatic heterocycles. The predicted octanol–water partition coefficient (Wildman–Crippen LogP) is 0.851. The Bertz CT molecular complexity index is 103. The molecule has 2 heteroatoms. The van der Waals surface area contributed by atoms with Crippen LogP contribution < -0.4 is 0 Å². The normalized spacial score (nSPS) is 27.0. The molecule has 0 bridgehead atoms. The third-order valence-corrected chi connectivity index (χ3v) is 2.32. The lowest BCUT2D eigenvalue weighted by Crippen LogP contribution is -2.51. The molecule has 0 saturated carbocycles. The van der Waals surface area contributed by atoms with E-state index in [0.717, 1.165) is 6.42 Å². The number of likely N-dealkylation sites (tertiary alicyclic amines) is 1. The molecule has 1 aliphatic heterocycles. The van der Waals surface area contributed by atoms with Crippen molar-refractivity contribution in [2.24, 2.45) is 0 Å². The molecule has 10 heavy (non-hydrogen) atoms. The van der Waals surface area contributed by atoms with Crippen LogP contribution in [-0.4, -0.2) is 35.2 Å². The smallest absolute Gasteiger partial charge is 0.0445 e. The number of nitrogens with zero attached hydrogens (tertiary/aromatic N) is 1. The molecule has 60 valence electrons. The zero-order valence-corrected chi connectivity index (χ0v) is 6.88. The topological polar surface area (TPSA) is 23.5 Å². The molecule has 1 fully saturated rings. The molecule has 1 atom stereocenters. The Kier molecular flexibility index (Phi) is 2.69. The van der Waals surface area contributed by atoms with Gasteiger partial charge >= 0.3 is 0 Å². The summed E-state index contributed by atoms with van der Waals surface area (Å²) in [4.78, 5) is 2.44. The SMILES string of the molecule is CC(C)N1CCC1CCO. The number of hydrogen-bond acceptors (Lipinski definition) is 2. The van der Waals surface area contributed by atoms with Gasteiger partial charge in [0, 0.05) is 25.2 Å². The first-order chi connectivity index (χ1) is 4.75. The zero-order chi connectivity index (χ0) is 7.56. The van der Waals surface area contributed by atoms with Crippen molar-refractivity contribution < 1.29 is 5.11 Å². The van der Waals surface area contributed by atoms with Crippen LogP contribution in [0.3, 0.4) is 0 Å². The molecule has 1 aliphatic rings. The van der Waals surface area contributed by atoms with Crippen LogP contribution in [0.5, 0.6) is 0 Å². The lowest BCUT2D eigenvalue weighted by Gasteiger charge is -2.43. The van der Waals surface area contributed by atoms with Gasteiger partial charge in [0.2, 0.25) is 0 Å². The highest BCUT2D eigenvalue weighted by molar-refractivity contribution is 4.84. The molecule has 1 N–H and O–H groups in total. The van der Waals surface area contributed by atoms with Crippen LogP contribution in [-0.2, 0) is 0 Å². The minimum absolute atomic E-state index is 0.341. The van der Waals surface area contributed by atoms with E-state index in [1.807, 2.05) is 0 Å². The molecule has 0 spiro atoms. The monoisotopic (exact) mass is 143 g/mol. The third-order valence-electron chi connectivity index (χ3n) is 2.32. The molecule has 0 radical (unpaired) electrons. The van der Waals surface area contributed by atoms with E-state index in [-0.39, 0.29) is 0 Å². The van der Waals surface area contributed by atoms with Gasteiger partial charge < -0.3 is 5.11 Å². The Balaban J connectivity index is 2.22. The summed E-state index contributed by atoms with van der Waals surface area (Å²) in [6.07, 6.45) is 2.23. The minimum Gasteiger partial charge on any atom is -0.396 e. The Labute approximate surface area is 62.8 Å². The Morgan fingerprint density at radius 1 is 1.60 bits per heavy atom. The fourth-order valence-corrected chi connectivity index (χ4v) is 1.60. The molecule has 0 aliphatic carbocycles. The molecule has 1 rings (SSSR count). The summed E-state index contributed by atoms with van der Waals surface area (Å²) < 4.78 is 0. The van der Waals surface area contributed by atoms with E-state index in [2.05, 4.69) is 18.7 Å². The van der Waals surface area contributed by atoms with Crippen molar-refractivity contribution in [3.63, 3.8) is 0 Å². The van der Waals surface area contributed by atoms with Crippen LogP contribution in [0.25, 0.3) is 0 Å². The maximum atomic E-state index is 8.67. The van der Waals surface area contributed by atoms with E-state index < -0.39 is 0 Å². The molecule has 1 unspecified atom stereocenters.